The molecule has 0 fully saturated rings. The van der Waals surface area contributed by atoms with Gasteiger partial charge in [-0.15, -0.1) is 0 Å². The van der Waals surface area contributed by atoms with Crippen molar-refractivity contribution in [2.45, 2.75) is 6.61 Å². The molecule has 0 saturated carbocycles. The van der Waals surface area contributed by atoms with Gasteiger partial charge in [-0.25, -0.2) is 4.68 Å². The maximum Gasteiger partial charge on any atom is 0.0883 e. The summed E-state index contributed by atoms with van der Waals surface area (Å²) in [6.07, 6.45) is 3.61. The van der Waals surface area contributed by atoms with Crippen molar-refractivity contribution in [1.29, 1.82) is 0 Å². The molecule has 84 valence electrons. The Balaban J connectivity index is 2.23. The molecule has 0 aliphatic heterocycles. The van der Waals surface area contributed by atoms with Crippen molar-refractivity contribution in [3.8, 4) is 5.69 Å². The molecule has 0 atom stereocenters. The van der Waals surface area contributed by atoms with Gasteiger partial charge in [0.25, 0.3) is 0 Å². The van der Waals surface area contributed by atoms with E-state index in [4.69, 9.17) is 5.11 Å². The third-order valence-electron chi connectivity index (χ3n) is 2.68. The van der Waals surface area contributed by atoms with Gasteiger partial charge in [-0.1, -0.05) is 6.07 Å². The molecule has 2 aromatic heterocycles. The van der Waals surface area contributed by atoms with Gasteiger partial charge < -0.3 is 5.11 Å². The second-order valence-electron chi connectivity index (χ2n) is 3.76. The van der Waals surface area contributed by atoms with E-state index < -0.39 is 0 Å². The molecule has 0 spiro atoms. The van der Waals surface area contributed by atoms with Gasteiger partial charge in [0.1, 0.15) is 0 Å². The highest BCUT2D eigenvalue weighted by Crippen LogP contribution is 2.19. The number of aliphatic hydroxyl groups is 1. The highest BCUT2D eigenvalue weighted by atomic mass is 16.3. The number of hydrogen-bond acceptors (Lipinski definition) is 3. The molecule has 0 bridgehead atoms. The topological polar surface area (TPSA) is 50.9 Å². The zero-order chi connectivity index (χ0) is 11.7. The Morgan fingerprint density at radius 2 is 2.06 bits per heavy atom. The third-order valence-corrected chi connectivity index (χ3v) is 2.68. The molecule has 0 unspecified atom stereocenters. The highest BCUT2D eigenvalue weighted by Gasteiger charge is 2.04. The van der Waals surface area contributed by atoms with Crippen LogP contribution in [0.15, 0.2) is 48.8 Å². The first-order valence-corrected chi connectivity index (χ1v) is 5.38. The molecule has 0 aliphatic carbocycles. The van der Waals surface area contributed by atoms with Gasteiger partial charge in [0.15, 0.2) is 0 Å². The van der Waals surface area contributed by atoms with E-state index >= 15 is 0 Å². The minimum absolute atomic E-state index is 0.0456. The molecule has 17 heavy (non-hydrogen) atoms. The van der Waals surface area contributed by atoms with Gasteiger partial charge in [0.05, 0.1) is 23.5 Å². The van der Waals surface area contributed by atoms with E-state index in [0.29, 0.717) is 5.69 Å². The number of aliphatic hydroxyl groups excluding tert-OH is 1. The first-order chi connectivity index (χ1) is 8.38. The Morgan fingerprint density at radius 1 is 1.12 bits per heavy atom. The second kappa shape index (κ2) is 3.99. The van der Waals surface area contributed by atoms with Gasteiger partial charge in [0.2, 0.25) is 0 Å². The summed E-state index contributed by atoms with van der Waals surface area (Å²) in [5.41, 5.74) is 2.56. The number of nitrogens with zero attached hydrogens (tertiary/aromatic N) is 3. The van der Waals surface area contributed by atoms with E-state index in [0.717, 1.165) is 16.6 Å². The summed E-state index contributed by atoms with van der Waals surface area (Å²) in [5, 5.41) is 14.4. The van der Waals surface area contributed by atoms with Crippen molar-refractivity contribution in [3.05, 3.63) is 54.5 Å². The predicted octanol–water partition coefficient (Wildman–Crippen LogP) is 1.91. The normalized spacial score (nSPS) is 10.9. The number of rotatable bonds is 2. The number of benzene rings is 1. The number of aromatic nitrogens is 3. The summed E-state index contributed by atoms with van der Waals surface area (Å²) in [6.45, 7) is -0.0456. The van der Waals surface area contributed by atoms with Crippen LogP contribution in [0.2, 0.25) is 0 Å². The van der Waals surface area contributed by atoms with Crippen molar-refractivity contribution >= 4 is 10.9 Å². The molecule has 3 aromatic rings. The fourth-order valence-electron chi connectivity index (χ4n) is 1.87. The summed E-state index contributed by atoms with van der Waals surface area (Å²) in [6, 6.07) is 11.6. The van der Waals surface area contributed by atoms with E-state index in [-0.39, 0.29) is 6.61 Å². The molecular weight excluding hydrogens is 214 g/mol. The average Bonchev–Trinajstić information content (AvgIpc) is 2.87. The van der Waals surface area contributed by atoms with E-state index in [1.54, 1.807) is 16.9 Å². The van der Waals surface area contributed by atoms with Crippen LogP contribution in [0.4, 0.5) is 0 Å². The molecule has 0 amide bonds. The molecule has 0 radical (unpaired) electrons. The fourth-order valence-corrected chi connectivity index (χ4v) is 1.87. The minimum atomic E-state index is -0.0456. The summed E-state index contributed by atoms with van der Waals surface area (Å²) >= 11 is 0. The Kier molecular flexibility index (Phi) is 2.34. The summed E-state index contributed by atoms with van der Waals surface area (Å²) in [4.78, 5) is 4.30. The van der Waals surface area contributed by atoms with E-state index in [2.05, 4.69) is 10.1 Å². The Labute approximate surface area is 98.2 Å². The van der Waals surface area contributed by atoms with Crippen LogP contribution >= 0.6 is 0 Å². The molecule has 3 rings (SSSR count). The average molecular weight is 225 g/mol. The number of fused-ring (bicyclic) bond motifs is 1. The fraction of sp³-hybridized carbons (Fsp3) is 0.0769. The van der Waals surface area contributed by atoms with Crippen molar-refractivity contribution in [2.75, 3.05) is 0 Å². The molecule has 1 aromatic carbocycles. The molecule has 1 N–H and O–H groups in total. The van der Waals surface area contributed by atoms with Crippen molar-refractivity contribution in [3.63, 3.8) is 0 Å². The smallest absolute Gasteiger partial charge is 0.0883 e. The molecular formula is C13H11N3O. The lowest BCUT2D eigenvalue weighted by Gasteiger charge is -2.05. The maximum atomic E-state index is 9.02. The van der Waals surface area contributed by atoms with Crippen LogP contribution in [-0.4, -0.2) is 19.9 Å². The number of pyridine rings is 1. The van der Waals surface area contributed by atoms with Gasteiger partial charge in [-0.2, -0.15) is 5.10 Å². The summed E-state index contributed by atoms with van der Waals surface area (Å²) in [7, 11) is 0. The highest BCUT2D eigenvalue weighted by molar-refractivity contribution is 5.86. The second-order valence-corrected chi connectivity index (χ2v) is 3.76. The predicted molar refractivity (Wildman–Crippen MR) is 64.8 cm³/mol. The molecule has 0 saturated heterocycles. The van der Waals surface area contributed by atoms with Crippen molar-refractivity contribution in [2.24, 2.45) is 0 Å². The van der Waals surface area contributed by atoms with E-state index in [1.165, 1.54) is 0 Å². The van der Waals surface area contributed by atoms with Crippen molar-refractivity contribution < 1.29 is 5.11 Å². The minimum Gasteiger partial charge on any atom is -0.390 e. The van der Waals surface area contributed by atoms with Crippen LogP contribution in [0, 0.1) is 0 Å². The Morgan fingerprint density at radius 3 is 2.88 bits per heavy atom. The maximum absolute atomic E-state index is 9.02. The van der Waals surface area contributed by atoms with Crippen LogP contribution in [0.3, 0.4) is 0 Å². The first kappa shape index (κ1) is 9.99. The number of hydrogen-bond donors (Lipinski definition) is 1. The lowest BCUT2D eigenvalue weighted by Crippen LogP contribution is -1.97. The van der Waals surface area contributed by atoms with Crippen LogP contribution in [0.25, 0.3) is 16.6 Å². The molecule has 4 heteroatoms. The van der Waals surface area contributed by atoms with Crippen LogP contribution < -0.4 is 0 Å². The van der Waals surface area contributed by atoms with Crippen molar-refractivity contribution in [1.82, 2.24) is 14.8 Å². The monoisotopic (exact) mass is 225 g/mol. The van der Waals surface area contributed by atoms with Gasteiger partial charge in [-0.3, -0.25) is 4.98 Å². The quantitative estimate of drug-likeness (QED) is 0.724. The first-order valence-electron chi connectivity index (χ1n) is 5.38. The van der Waals surface area contributed by atoms with Crippen LogP contribution in [0.5, 0.6) is 0 Å². The Hall–Kier alpha value is -2.20. The third kappa shape index (κ3) is 1.68. The lowest BCUT2D eigenvalue weighted by molar-refractivity contribution is 0.276. The molecule has 2 heterocycles. The standard InChI is InChI=1S/C13H11N3O/c17-9-10-6-8-16(15-10)13-5-1-4-12-11(13)3-2-7-14-12/h1-8,17H,9H2. The summed E-state index contributed by atoms with van der Waals surface area (Å²) < 4.78 is 1.76. The molecule has 0 aliphatic rings. The zero-order valence-electron chi connectivity index (χ0n) is 9.11. The summed E-state index contributed by atoms with van der Waals surface area (Å²) in [5.74, 6) is 0. The van der Waals surface area contributed by atoms with E-state index in [9.17, 15) is 0 Å². The van der Waals surface area contributed by atoms with E-state index in [1.807, 2.05) is 36.5 Å². The van der Waals surface area contributed by atoms with Crippen LogP contribution in [0.1, 0.15) is 5.69 Å². The largest absolute Gasteiger partial charge is 0.390 e. The Bertz CT molecular complexity index is 655. The lowest BCUT2D eigenvalue weighted by atomic mass is 10.2. The SMILES string of the molecule is OCc1ccn(-c2cccc3ncccc23)n1. The molecule has 4 nitrogen and oxygen atoms in total. The van der Waals surface area contributed by atoms with Crippen LogP contribution in [-0.2, 0) is 6.61 Å². The van der Waals surface area contributed by atoms with Gasteiger partial charge >= 0.3 is 0 Å². The van der Waals surface area contributed by atoms with Gasteiger partial charge in [-0.05, 0) is 30.3 Å². The zero-order valence-corrected chi connectivity index (χ0v) is 9.11. The van der Waals surface area contributed by atoms with Gasteiger partial charge in [0, 0.05) is 17.8 Å².